The van der Waals surface area contributed by atoms with E-state index >= 15 is 0 Å². The molecule has 0 aromatic rings. The molecule has 0 heterocycles. The molecule has 16 heavy (non-hydrogen) atoms. The molecule has 0 aromatic carbocycles. The highest BCUT2D eigenvalue weighted by atomic mass is 28.4. The first-order valence-electron chi connectivity index (χ1n) is 6.89. The standard InChI is InChI=1S/C13H31NOSi/c1-6-9-12-15-16(7-2,8-3)13-10-11-14(4)5/h6-13H2,1-5H3. The average Bonchev–Trinajstić information content (AvgIpc) is 2.27. The summed E-state index contributed by atoms with van der Waals surface area (Å²) >= 11 is 0. The van der Waals surface area contributed by atoms with Crippen LogP contribution in [0.25, 0.3) is 0 Å². The van der Waals surface area contributed by atoms with Gasteiger partial charge in [0.1, 0.15) is 0 Å². The highest BCUT2D eigenvalue weighted by molar-refractivity contribution is 6.73. The smallest absolute Gasteiger partial charge is 0.192 e. The molecule has 0 radical (unpaired) electrons. The van der Waals surface area contributed by atoms with Gasteiger partial charge in [-0.3, -0.25) is 0 Å². The molecule has 0 atom stereocenters. The van der Waals surface area contributed by atoms with Gasteiger partial charge >= 0.3 is 0 Å². The van der Waals surface area contributed by atoms with Crippen molar-refractivity contribution in [3.63, 3.8) is 0 Å². The minimum absolute atomic E-state index is 0.992. The van der Waals surface area contributed by atoms with Gasteiger partial charge < -0.3 is 9.33 Å². The van der Waals surface area contributed by atoms with Gasteiger partial charge in [0.15, 0.2) is 8.32 Å². The van der Waals surface area contributed by atoms with Crippen molar-refractivity contribution < 1.29 is 4.43 Å². The summed E-state index contributed by atoms with van der Waals surface area (Å²) in [7, 11) is 2.93. The van der Waals surface area contributed by atoms with E-state index in [2.05, 4.69) is 39.8 Å². The van der Waals surface area contributed by atoms with Gasteiger partial charge in [0.05, 0.1) is 0 Å². The highest BCUT2D eigenvalue weighted by Gasteiger charge is 2.29. The Bertz CT molecular complexity index is 158. The van der Waals surface area contributed by atoms with E-state index in [-0.39, 0.29) is 0 Å². The number of hydrogen-bond acceptors (Lipinski definition) is 2. The first kappa shape index (κ1) is 16.1. The molecule has 0 aliphatic heterocycles. The molecule has 0 aliphatic rings. The summed E-state index contributed by atoms with van der Waals surface area (Å²) in [5, 5.41) is 0. The van der Waals surface area contributed by atoms with Gasteiger partial charge in [-0.1, -0.05) is 27.2 Å². The van der Waals surface area contributed by atoms with Crippen molar-refractivity contribution in [2.45, 2.75) is 58.2 Å². The molecule has 0 N–H and O–H groups in total. The quantitative estimate of drug-likeness (QED) is 0.429. The van der Waals surface area contributed by atoms with E-state index in [1.165, 1.54) is 43.9 Å². The third-order valence-electron chi connectivity index (χ3n) is 3.43. The largest absolute Gasteiger partial charge is 0.417 e. The highest BCUT2D eigenvalue weighted by Crippen LogP contribution is 2.24. The van der Waals surface area contributed by atoms with Crippen molar-refractivity contribution in [3.05, 3.63) is 0 Å². The summed E-state index contributed by atoms with van der Waals surface area (Å²) in [4.78, 5) is 2.27. The van der Waals surface area contributed by atoms with E-state index in [4.69, 9.17) is 4.43 Å². The van der Waals surface area contributed by atoms with Crippen LogP contribution in [0.3, 0.4) is 0 Å². The lowest BCUT2D eigenvalue weighted by atomic mass is 10.4. The molecule has 0 bridgehead atoms. The van der Waals surface area contributed by atoms with Crippen LogP contribution in [0.1, 0.15) is 40.0 Å². The lowest BCUT2D eigenvalue weighted by Gasteiger charge is -2.30. The monoisotopic (exact) mass is 245 g/mol. The first-order valence-corrected chi connectivity index (χ1v) is 9.42. The maximum atomic E-state index is 6.27. The molecular formula is C13H31NOSi. The zero-order valence-corrected chi connectivity index (χ0v) is 13.0. The second kappa shape index (κ2) is 9.20. The van der Waals surface area contributed by atoms with Crippen LogP contribution in [0.5, 0.6) is 0 Å². The molecule has 0 aromatic heterocycles. The van der Waals surface area contributed by atoms with E-state index in [0.29, 0.717) is 0 Å². The van der Waals surface area contributed by atoms with Crippen molar-refractivity contribution in [2.75, 3.05) is 27.2 Å². The van der Waals surface area contributed by atoms with Crippen molar-refractivity contribution >= 4 is 8.32 Å². The van der Waals surface area contributed by atoms with E-state index < -0.39 is 8.32 Å². The molecule has 0 aliphatic carbocycles. The van der Waals surface area contributed by atoms with E-state index in [0.717, 1.165) is 6.61 Å². The summed E-state index contributed by atoms with van der Waals surface area (Å²) in [6.07, 6.45) is 3.77. The molecule has 0 saturated heterocycles. The van der Waals surface area contributed by atoms with Crippen LogP contribution in [0, 0.1) is 0 Å². The summed E-state index contributed by atoms with van der Waals surface area (Å²) in [6, 6.07) is 3.89. The zero-order valence-electron chi connectivity index (χ0n) is 12.0. The molecule has 2 nitrogen and oxygen atoms in total. The SMILES string of the molecule is CCCCO[Si](CC)(CC)CCCN(C)C. The summed E-state index contributed by atoms with van der Waals surface area (Å²) in [6.45, 7) is 9.06. The zero-order chi connectivity index (χ0) is 12.4. The van der Waals surface area contributed by atoms with Gasteiger partial charge in [0.25, 0.3) is 0 Å². The van der Waals surface area contributed by atoms with Gasteiger partial charge in [-0.2, -0.15) is 0 Å². The van der Waals surface area contributed by atoms with Crippen LogP contribution in [-0.4, -0.2) is 40.5 Å². The summed E-state index contributed by atoms with van der Waals surface area (Å²) < 4.78 is 6.27. The molecule has 0 fully saturated rings. The second-order valence-corrected chi connectivity index (χ2v) is 9.57. The summed E-state index contributed by atoms with van der Waals surface area (Å²) in [5.74, 6) is 0. The van der Waals surface area contributed by atoms with Crippen LogP contribution < -0.4 is 0 Å². The summed E-state index contributed by atoms with van der Waals surface area (Å²) in [5.41, 5.74) is 0. The van der Waals surface area contributed by atoms with Gasteiger partial charge in [0, 0.05) is 6.61 Å². The fourth-order valence-corrected chi connectivity index (χ4v) is 5.17. The Kier molecular flexibility index (Phi) is 9.28. The van der Waals surface area contributed by atoms with E-state index in [1.807, 2.05) is 0 Å². The van der Waals surface area contributed by atoms with Crippen LogP contribution in [0.2, 0.25) is 18.1 Å². The van der Waals surface area contributed by atoms with Crippen molar-refractivity contribution in [3.8, 4) is 0 Å². The van der Waals surface area contributed by atoms with Gasteiger partial charge in [0.2, 0.25) is 0 Å². The number of nitrogens with zero attached hydrogens (tertiary/aromatic N) is 1. The fourth-order valence-electron chi connectivity index (χ4n) is 2.03. The molecule has 0 spiro atoms. The van der Waals surface area contributed by atoms with Gasteiger partial charge in [-0.15, -0.1) is 0 Å². The van der Waals surface area contributed by atoms with Crippen LogP contribution in [-0.2, 0) is 4.43 Å². The molecule has 0 amide bonds. The normalized spacial score (nSPS) is 12.4. The minimum atomic E-state index is -1.37. The molecule has 0 unspecified atom stereocenters. The third kappa shape index (κ3) is 6.66. The van der Waals surface area contributed by atoms with Crippen LogP contribution in [0.4, 0.5) is 0 Å². The predicted molar refractivity (Wildman–Crippen MR) is 75.6 cm³/mol. The minimum Gasteiger partial charge on any atom is -0.417 e. The number of rotatable bonds is 10. The topological polar surface area (TPSA) is 12.5 Å². The van der Waals surface area contributed by atoms with Crippen molar-refractivity contribution in [1.82, 2.24) is 4.90 Å². The maximum absolute atomic E-state index is 6.27. The Morgan fingerprint density at radius 3 is 2.06 bits per heavy atom. The fraction of sp³-hybridized carbons (Fsp3) is 1.00. The van der Waals surface area contributed by atoms with Crippen LogP contribution >= 0.6 is 0 Å². The Morgan fingerprint density at radius 2 is 1.62 bits per heavy atom. The van der Waals surface area contributed by atoms with Crippen LogP contribution in [0.15, 0.2) is 0 Å². The molecule has 98 valence electrons. The number of hydrogen-bond donors (Lipinski definition) is 0. The first-order chi connectivity index (χ1) is 7.60. The molecule has 0 rings (SSSR count). The number of unbranched alkanes of at least 4 members (excludes halogenated alkanes) is 1. The Labute approximate surface area is 103 Å². The average molecular weight is 245 g/mol. The lowest BCUT2D eigenvalue weighted by Crippen LogP contribution is -2.37. The van der Waals surface area contributed by atoms with E-state index in [1.54, 1.807) is 0 Å². The van der Waals surface area contributed by atoms with Gasteiger partial charge in [-0.25, -0.2) is 0 Å². The molecule has 3 heteroatoms. The Balaban J connectivity index is 3.99. The lowest BCUT2D eigenvalue weighted by molar-refractivity contribution is 0.288. The van der Waals surface area contributed by atoms with Crippen molar-refractivity contribution in [1.29, 1.82) is 0 Å². The molecular weight excluding hydrogens is 214 g/mol. The van der Waals surface area contributed by atoms with E-state index in [9.17, 15) is 0 Å². The Hall–Kier alpha value is 0.137. The molecule has 0 saturated carbocycles. The Morgan fingerprint density at radius 1 is 1.00 bits per heavy atom. The third-order valence-corrected chi connectivity index (χ3v) is 8.09. The van der Waals surface area contributed by atoms with Gasteiger partial charge in [-0.05, 0) is 51.6 Å². The van der Waals surface area contributed by atoms with Crippen molar-refractivity contribution in [2.24, 2.45) is 0 Å². The predicted octanol–water partition coefficient (Wildman–Crippen LogP) is 3.74. The second-order valence-electron chi connectivity index (χ2n) is 5.00. The maximum Gasteiger partial charge on any atom is 0.192 e.